The minimum Gasteiger partial charge on any atom is -0.508 e. The lowest BCUT2D eigenvalue weighted by atomic mass is 9.86. The van der Waals surface area contributed by atoms with Gasteiger partial charge < -0.3 is 10.0 Å². The summed E-state index contributed by atoms with van der Waals surface area (Å²) in [5.41, 5.74) is 2.02. The zero-order valence-corrected chi connectivity index (χ0v) is 14.4. The van der Waals surface area contributed by atoms with E-state index < -0.39 is 0 Å². The molecule has 0 radical (unpaired) electrons. The molecule has 0 spiro atoms. The summed E-state index contributed by atoms with van der Waals surface area (Å²) in [6.07, 6.45) is 1.79. The first-order valence-corrected chi connectivity index (χ1v) is 8.31. The highest BCUT2D eigenvalue weighted by atomic mass is 16.3. The largest absolute Gasteiger partial charge is 0.508 e. The molecule has 24 heavy (non-hydrogen) atoms. The van der Waals surface area contributed by atoms with E-state index in [1.807, 2.05) is 55.1 Å². The van der Waals surface area contributed by atoms with Gasteiger partial charge in [0.15, 0.2) is 0 Å². The van der Waals surface area contributed by atoms with E-state index in [9.17, 15) is 9.90 Å². The van der Waals surface area contributed by atoms with Crippen molar-refractivity contribution in [3.05, 3.63) is 78.4 Å². The number of rotatable bonds is 7. The predicted octanol–water partition coefficient (Wildman–Crippen LogP) is 4.35. The topological polar surface area (TPSA) is 40.5 Å². The average Bonchev–Trinajstić information content (AvgIpc) is 2.60. The van der Waals surface area contributed by atoms with E-state index in [0.717, 1.165) is 11.1 Å². The van der Waals surface area contributed by atoms with Crippen LogP contribution in [0.4, 0.5) is 0 Å². The number of allylic oxidation sites excluding steroid dienone is 1. The lowest BCUT2D eigenvalue weighted by Gasteiger charge is -2.28. The number of aromatic hydroxyl groups is 1. The monoisotopic (exact) mass is 323 g/mol. The van der Waals surface area contributed by atoms with Crippen LogP contribution in [0.3, 0.4) is 0 Å². The Balaban J connectivity index is 2.17. The molecule has 2 rings (SSSR count). The molecule has 1 N–H and O–H groups in total. The molecule has 2 aromatic rings. The van der Waals surface area contributed by atoms with Gasteiger partial charge in [-0.15, -0.1) is 6.58 Å². The van der Waals surface area contributed by atoms with Crippen molar-refractivity contribution in [2.45, 2.75) is 26.3 Å². The van der Waals surface area contributed by atoms with Gasteiger partial charge in [-0.25, -0.2) is 0 Å². The molecule has 2 aromatic carbocycles. The quantitative estimate of drug-likeness (QED) is 0.770. The molecule has 0 heterocycles. The highest BCUT2D eigenvalue weighted by Crippen LogP contribution is 2.29. The smallest absolute Gasteiger partial charge is 0.226 e. The zero-order chi connectivity index (χ0) is 17.5. The van der Waals surface area contributed by atoms with Crippen molar-refractivity contribution in [1.82, 2.24) is 4.90 Å². The van der Waals surface area contributed by atoms with Gasteiger partial charge in [-0.1, -0.05) is 55.5 Å². The van der Waals surface area contributed by atoms with Crippen molar-refractivity contribution in [3.8, 4) is 5.75 Å². The summed E-state index contributed by atoms with van der Waals surface area (Å²) < 4.78 is 0. The van der Waals surface area contributed by atoms with Gasteiger partial charge in [-0.2, -0.15) is 0 Å². The van der Waals surface area contributed by atoms with E-state index in [1.54, 1.807) is 24.3 Å². The number of phenols is 1. The fraction of sp³-hybridized carbons (Fsp3) is 0.286. The zero-order valence-electron chi connectivity index (χ0n) is 14.4. The van der Waals surface area contributed by atoms with Crippen molar-refractivity contribution in [2.75, 3.05) is 6.54 Å². The predicted molar refractivity (Wildman–Crippen MR) is 97.7 cm³/mol. The Morgan fingerprint density at radius 3 is 2.50 bits per heavy atom. The van der Waals surface area contributed by atoms with Crippen LogP contribution in [0.15, 0.2) is 67.3 Å². The Hall–Kier alpha value is -2.55. The molecule has 0 aromatic heterocycles. The van der Waals surface area contributed by atoms with Crippen LogP contribution in [0.2, 0.25) is 0 Å². The normalized spacial score (nSPS) is 13.1. The van der Waals surface area contributed by atoms with Crippen LogP contribution >= 0.6 is 0 Å². The van der Waals surface area contributed by atoms with Crippen molar-refractivity contribution >= 4 is 5.91 Å². The molecule has 126 valence electrons. The van der Waals surface area contributed by atoms with Crippen LogP contribution in [-0.4, -0.2) is 22.5 Å². The molecule has 0 saturated heterocycles. The van der Waals surface area contributed by atoms with Crippen LogP contribution in [0.1, 0.15) is 30.9 Å². The molecule has 0 aliphatic rings. The second-order valence-electron chi connectivity index (χ2n) is 5.98. The summed E-state index contributed by atoms with van der Waals surface area (Å²) in [7, 11) is 0. The van der Waals surface area contributed by atoms with Gasteiger partial charge in [0.1, 0.15) is 5.75 Å². The SMILES string of the molecule is C=C[C@@H](c1cccc(O)c1)[C@@H](C)C(=O)N(CC)Cc1ccccc1. The number of carbonyl (C=O) groups is 1. The number of nitrogens with zero attached hydrogens (tertiary/aromatic N) is 1. The second kappa shape index (κ2) is 8.34. The van der Waals surface area contributed by atoms with E-state index in [4.69, 9.17) is 0 Å². The lowest BCUT2D eigenvalue weighted by Crippen LogP contribution is -2.36. The minimum absolute atomic E-state index is 0.0922. The molecule has 0 fully saturated rings. The highest BCUT2D eigenvalue weighted by molar-refractivity contribution is 5.80. The Bertz CT molecular complexity index is 681. The Labute approximate surface area is 144 Å². The summed E-state index contributed by atoms with van der Waals surface area (Å²) in [5, 5.41) is 9.70. The van der Waals surface area contributed by atoms with Gasteiger partial charge in [-0.05, 0) is 30.2 Å². The fourth-order valence-electron chi connectivity index (χ4n) is 2.95. The van der Waals surface area contributed by atoms with Crippen molar-refractivity contribution in [2.24, 2.45) is 5.92 Å². The van der Waals surface area contributed by atoms with E-state index in [-0.39, 0.29) is 23.5 Å². The third-order valence-electron chi connectivity index (χ3n) is 4.35. The molecule has 1 amide bonds. The summed E-state index contributed by atoms with van der Waals surface area (Å²) in [4.78, 5) is 14.8. The average molecular weight is 323 g/mol. The van der Waals surface area contributed by atoms with Crippen LogP contribution in [-0.2, 0) is 11.3 Å². The number of amides is 1. The van der Waals surface area contributed by atoms with Crippen molar-refractivity contribution in [3.63, 3.8) is 0 Å². The van der Waals surface area contributed by atoms with Gasteiger partial charge in [0, 0.05) is 24.9 Å². The first-order valence-electron chi connectivity index (χ1n) is 8.31. The standard InChI is InChI=1S/C21H25NO2/c1-4-20(18-12-9-13-19(23)14-18)16(3)21(24)22(5-2)15-17-10-7-6-8-11-17/h4,6-14,16,20,23H,1,5,15H2,2-3H3/t16-,20-/m1/s1. The maximum absolute atomic E-state index is 13.0. The number of hydrogen-bond acceptors (Lipinski definition) is 2. The molecular weight excluding hydrogens is 298 g/mol. The third-order valence-corrected chi connectivity index (χ3v) is 4.35. The molecule has 0 saturated carbocycles. The first-order chi connectivity index (χ1) is 11.6. The van der Waals surface area contributed by atoms with Gasteiger partial charge in [0.2, 0.25) is 5.91 Å². The molecule has 0 bridgehead atoms. The fourth-order valence-corrected chi connectivity index (χ4v) is 2.95. The summed E-state index contributed by atoms with van der Waals surface area (Å²) >= 11 is 0. The van der Waals surface area contributed by atoms with Gasteiger partial charge in [0.25, 0.3) is 0 Å². The summed E-state index contributed by atoms with van der Waals surface area (Å²) in [6.45, 7) is 9.06. The molecule has 0 aliphatic heterocycles. The second-order valence-corrected chi connectivity index (χ2v) is 5.98. The van der Waals surface area contributed by atoms with Crippen molar-refractivity contribution in [1.29, 1.82) is 0 Å². The van der Waals surface area contributed by atoms with Gasteiger partial charge in [-0.3, -0.25) is 4.79 Å². The van der Waals surface area contributed by atoms with E-state index >= 15 is 0 Å². The van der Waals surface area contributed by atoms with Crippen LogP contribution < -0.4 is 0 Å². The molecule has 3 nitrogen and oxygen atoms in total. The van der Waals surface area contributed by atoms with E-state index in [0.29, 0.717) is 13.1 Å². The maximum Gasteiger partial charge on any atom is 0.226 e. The molecule has 0 aliphatic carbocycles. The number of benzene rings is 2. The summed E-state index contributed by atoms with van der Waals surface area (Å²) in [6, 6.07) is 17.0. The minimum atomic E-state index is -0.243. The Kier molecular flexibility index (Phi) is 6.19. The third kappa shape index (κ3) is 4.25. The molecule has 2 atom stereocenters. The van der Waals surface area contributed by atoms with Gasteiger partial charge in [0.05, 0.1) is 0 Å². The molecule has 0 unspecified atom stereocenters. The van der Waals surface area contributed by atoms with Crippen LogP contribution in [0, 0.1) is 5.92 Å². The summed E-state index contributed by atoms with van der Waals surface area (Å²) in [5.74, 6) is -0.0763. The Morgan fingerprint density at radius 1 is 1.21 bits per heavy atom. The molecular formula is C21H25NO2. The lowest BCUT2D eigenvalue weighted by molar-refractivity contribution is -0.135. The highest BCUT2D eigenvalue weighted by Gasteiger charge is 2.27. The number of carbonyl (C=O) groups excluding carboxylic acids is 1. The Morgan fingerprint density at radius 2 is 1.92 bits per heavy atom. The van der Waals surface area contributed by atoms with Crippen molar-refractivity contribution < 1.29 is 9.90 Å². The molecule has 3 heteroatoms. The van der Waals surface area contributed by atoms with E-state index in [1.165, 1.54) is 0 Å². The maximum atomic E-state index is 13.0. The van der Waals surface area contributed by atoms with Crippen LogP contribution in [0.25, 0.3) is 0 Å². The number of phenolic OH excluding ortho intramolecular Hbond substituents is 1. The van der Waals surface area contributed by atoms with Crippen LogP contribution in [0.5, 0.6) is 5.75 Å². The first kappa shape index (κ1) is 17.8. The van der Waals surface area contributed by atoms with E-state index in [2.05, 4.69) is 6.58 Å². The number of hydrogen-bond donors (Lipinski definition) is 1. The van der Waals surface area contributed by atoms with Gasteiger partial charge >= 0.3 is 0 Å².